The molecule has 1 N–H and O–H groups in total. The Kier molecular flexibility index (Phi) is 4.49. The summed E-state index contributed by atoms with van der Waals surface area (Å²) in [6.07, 6.45) is 0.469. The minimum Gasteiger partial charge on any atom is -0.481 e. The molecule has 1 aromatic carbocycles. The predicted octanol–water partition coefficient (Wildman–Crippen LogP) is 3.79. The Bertz CT molecular complexity index is 644. The van der Waals surface area contributed by atoms with Gasteiger partial charge in [0, 0.05) is 15.7 Å². The Hall–Kier alpha value is -1.75. The molecule has 104 valence electrons. The zero-order valence-corrected chi connectivity index (χ0v) is 12.9. The fraction of sp³-hybridized carbons (Fsp3) is 0.267. The summed E-state index contributed by atoms with van der Waals surface area (Å²) in [6, 6.07) is 9.61. The summed E-state index contributed by atoms with van der Waals surface area (Å²) in [7, 11) is 0. The molecule has 1 atom stereocenters. The summed E-state index contributed by atoms with van der Waals surface area (Å²) in [4.78, 5) is 20.0. The van der Waals surface area contributed by atoms with E-state index in [2.05, 4.69) is 25.9 Å². The Balaban J connectivity index is 2.51. The van der Waals surface area contributed by atoms with Gasteiger partial charge in [0.25, 0.3) is 0 Å². The van der Waals surface area contributed by atoms with Gasteiger partial charge in [0.1, 0.15) is 11.7 Å². The van der Waals surface area contributed by atoms with Crippen molar-refractivity contribution in [3.8, 4) is 11.3 Å². The van der Waals surface area contributed by atoms with E-state index in [4.69, 9.17) is 0 Å². The number of hydrogen-bond donors (Lipinski definition) is 1. The number of halogens is 1. The molecule has 1 aromatic heterocycles. The van der Waals surface area contributed by atoms with Gasteiger partial charge in [-0.1, -0.05) is 35.0 Å². The SMILES string of the molecule is CCC(C(=O)O)c1nc(C)cc(-c2cccc(Br)c2)n1. The number of aromatic nitrogens is 2. The highest BCUT2D eigenvalue weighted by Crippen LogP contribution is 2.24. The van der Waals surface area contributed by atoms with Crippen LogP contribution in [0.15, 0.2) is 34.8 Å². The molecule has 4 nitrogen and oxygen atoms in total. The lowest BCUT2D eigenvalue weighted by Gasteiger charge is -2.11. The van der Waals surface area contributed by atoms with Crippen molar-refractivity contribution in [2.45, 2.75) is 26.2 Å². The van der Waals surface area contributed by atoms with Crippen LogP contribution in [-0.4, -0.2) is 21.0 Å². The first-order valence-electron chi connectivity index (χ1n) is 6.35. The van der Waals surface area contributed by atoms with Crippen LogP contribution in [0.25, 0.3) is 11.3 Å². The van der Waals surface area contributed by atoms with Gasteiger partial charge in [-0.15, -0.1) is 0 Å². The molecule has 1 unspecified atom stereocenters. The van der Waals surface area contributed by atoms with Crippen LogP contribution in [0.3, 0.4) is 0 Å². The van der Waals surface area contributed by atoms with Gasteiger partial charge in [-0.25, -0.2) is 9.97 Å². The Morgan fingerprint density at radius 2 is 2.10 bits per heavy atom. The number of carboxylic acids is 1. The van der Waals surface area contributed by atoms with Crippen molar-refractivity contribution in [3.63, 3.8) is 0 Å². The summed E-state index contributed by atoms with van der Waals surface area (Å²) in [6.45, 7) is 3.67. The first kappa shape index (κ1) is 14.7. The van der Waals surface area contributed by atoms with Gasteiger partial charge in [-0.3, -0.25) is 4.79 Å². The third kappa shape index (κ3) is 3.22. The lowest BCUT2D eigenvalue weighted by molar-refractivity contribution is -0.139. The van der Waals surface area contributed by atoms with Gasteiger partial charge < -0.3 is 5.11 Å². The molecule has 5 heteroatoms. The largest absolute Gasteiger partial charge is 0.481 e. The van der Waals surface area contributed by atoms with Gasteiger partial charge >= 0.3 is 5.97 Å². The number of carboxylic acid groups (broad SMARTS) is 1. The highest BCUT2D eigenvalue weighted by molar-refractivity contribution is 9.10. The Labute approximate surface area is 126 Å². The molecule has 0 aliphatic heterocycles. The molecular formula is C15H15BrN2O2. The minimum atomic E-state index is -0.890. The second-order valence-corrected chi connectivity index (χ2v) is 5.48. The topological polar surface area (TPSA) is 63.1 Å². The fourth-order valence-electron chi connectivity index (χ4n) is 2.01. The second-order valence-electron chi connectivity index (χ2n) is 4.56. The number of carbonyl (C=O) groups is 1. The predicted molar refractivity (Wildman–Crippen MR) is 80.6 cm³/mol. The fourth-order valence-corrected chi connectivity index (χ4v) is 2.41. The van der Waals surface area contributed by atoms with E-state index in [1.807, 2.05) is 44.2 Å². The van der Waals surface area contributed by atoms with Crippen LogP contribution in [0.5, 0.6) is 0 Å². The molecule has 0 saturated carbocycles. The summed E-state index contributed by atoms with van der Waals surface area (Å²) >= 11 is 3.42. The van der Waals surface area contributed by atoms with E-state index in [1.54, 1.807) is 0 Å². The van der Waals surface area contributed by atoms with E-state index in [9.17, 15) is 9.90 Å². The third-order valence-electron chi connectivity index (χ3n) is 3.01. The molecule has 0 bridgehead atoms. The molecular weight excluding hydrogens is 320 g/mol. The van der Waals surface area contributed by atoms with Gasteiger partial charge in [-0.05, 0) is 31.5 Å². The number of hydrogen-bond acceptors (Lipinski definition) is 3. The monoisotopic (exact) mass is 334 g/mol. The van der Waals surface area contributed by atoms with Crippen LogP contribution in [0.2, 0.25) is 0 Å². The summed E-state index contributed by atoms with van der Waals surface area (Å²) < 4.78 is 0.957. The maximum atomic E-state index is 11.3. The Morgan fingerprint density at radius 1 is 1.35 bits per heavy atom. The second kappa shape index (κ2) is 6.13. The minimum absolute atomic E-state index is 0.370. The molecule has 2 rings (SSSR count). The Morgan fingerprint density at radius 3 is 2.70 bits per heavy atom. The van der Waals surface area contributed by atoms with Gasteiger partial charge in [0.05, 0.1) is 5.69 Å². The van der Waals surface area contributed by atoms with Crippen molar-refractivity contribution in [2.75, 3.05) is 0 Å². The van der Waals surface area contributed by atoms with E-state index >= 15 is 0 Å². The first-order chi connectivity index (χ1) is 9.51. The number of aliphatic carboxylic acids is 1. The standard InChI is InChI=1S/C15H15BrN2O2/c1-3-12(15(19)20)14-17-9(2)7-13(18-14)10-5-4-6-11(16)8-10/h4-8,12H,3H2,1-2H3,(H,19,20). The van der Waals surface area contributed by atoms with E-state index in [1.165, 1.54) is 0 Å². The van der Waals surface area contributed by atoms with Crippen LogP contribution < -0.4 is 0 Å². The molecule has 0 amide bonds. The average Bonchev–Trinajstić information content (AvgIpc) is 2.38. The van der Waals surface area contributed by atoms with Crippen molar-refractivity contribution in [3.05, 3.63) is 46.3 Å². The molecule has 0 spiro atoms. The van der Waals surface area contributed by atoms with Crippen LogP contribution in [0.1, 0.15) is 30.8 Å². The van der Waals surface area contributed by atoms with Gasteiger partial charge in [-0.2, -0.15) is 0 Å². The van der Waals surface area contributed by atoms with Gasteiger partial charge in [0.2, 0.25) is 0 Å². The molecule has 2 aromatic rings. The van der Waals surface area contributed by atoms with Crippen molar-refractivity contribution in [2.24, 2.45) is 0 Å². The van der Waals surface area contributed by atoms with Crippen molar-refractivity contribution in [1.29, 1.82) is 0 Å². The number of rotatable bonds is 4. The smallest absolute Gasteiger partial charge is 0.314 e. The molecule has 20 heavy (non-hydrogen) atoms. The molecule has 0 aliphatic rings. The van der Waals surface area contributed by atoms with E-state index < -0.39 is 11.9 Å². The first-order valence-corrected chi connectivity index (χ1v) is 7.15. The summed E-state index contributed by atoms with van der Waals surface area (Å²) in [5.74, 6) is -1.19. The van der Waals surface area contributed by atoms with E-state index in [0.29, 0.717) is 12.2 Å². The quantitative estimate of drug-likeness (QED) is 0.923. The maximum absolute atomic E-state index is 11.3. The van der Waals surface area contributed by atoms with Crippen molar-refractivity contribution >= 4 is 21.9 Å². The van der Waals surface area contributed by atoms with E-state index in [-0.39, 0.29) is 0 Å². The van der Waals surface area contributed by atoms with Crippen molar-refractivity contribution in [1.82, 2.24) is 9.97 Å². The maximum Gasteiger partial charge on any atom is 0.314 e. The number of aryl methyl sites for hydroxylation is 1. The normalized spacial score (nSPS) is 12.2. The number of benzene rings is 1. The van der Waals surface area contributed by atoms with Crippen LogP contribution in [-0.2, 0) is 4.79 Å². The van der Waals surface area contributed by atoms with Crippen LogP contribution in [0, 0.1) is 6.92 Å². The number of nitrogens with zero attached hydrogens (tertiary/aromatic N) is 2. The third-order valence-corrected chi connectivity index (χ3v) is 3.50. The molecule has 0 radical (unpaired) electrons. The molecule has 0 fully saturated rings. The molecule has 1 heterocycles. The average molecular weight is 335 g/mol. The lowest BCUT2D eigenvalue weighted by Crippen LogP contribution is -2.15. The summed E-state index contributed by atoms with van der Waals surface area (Å²) in [5, 5.41) is 9.24. The zero-order chi connectivity index (χ0) is 14.7. The lowest BCUT2D eigenvalue weighted by atomic mass is 10.1. The summed E-state index contributed by atoms with van der Waals surface area (Å²) in [5.41, 5.74) is 2.45. The van der Waals surface area contributed by atoms with Crippen LogP contribution in [0.4, 0.5) is 0 Å². The highest BCUT2D eigenvalue weighted by Gasteiger charge is 2.21. The highest BCUT2D eigenvalue weighted by atomic mass is 79.9. The molecule has 0 aliphatic carbocycles. The van der Waals surface area contributed by atoms with Crippen molar-refractivity contribution < 1.29 is 9.90 Å². The molecule has 0 saturated heterocycles. The van der Waals surface area contributed by atoms with Gasteiger partial charge in [0.15, 0.2) is 0 Å². The van der Waals surface area contributed by atoms with E-state index in [0.717, 1.165) is 21.4 Å². The zero-order valence-electron chi connectivity index (χ0n) is 11.3. The van der Waals surface area contributed by atoms with Crippen LogP contribution >= 0.6 is 15.9 Å².